The molecule has 2 aliphatic heterocycles. The van der Waals surface area contributed by atoms with Crippen LogP contribution in [0.1, 0.15) is 18.4 Å². The highest BCUT2D eigenvalue weighted by Crippen LogP contribution is 2.23. The molecule has 2 aliphatic rings. The number of hydrogen-bond donors (Lipinski definition) is 2. The number of carbonyl (C=O) groups is 1. The van der Waals surface area contributed by atoms with Gasteiger partial charge in [0.1, 0.15) is 5.82 Å². The smallest absolute Gasteiger partial charge is 0.237 e. The SMILES string of the molecule is NC(C(=O)NCc1cc(F)ccc1N1CCOCC1)C1CCOCC1. The monoisotopic (exact) mass is 351 g/mol. The predicted octanol–water partition coefficient (Wildman–Crippen LogP) is 1.03. The number of nitrogens with zero attached hydrogens (tertiary/aromatic N) is 1. The number of nitrogens with two attached hydrogens (primary N) is 1. The first-order chi connectivity index (χ1) is 12.1. The maximum atomic E-state index is 13.7. The van der Waals surface area contributed by atoms with E-state index in [9.17, 15) is 9.18 Å². The predicted molar refractivity (Wildman–Crippen MR) is 92.8 cm³/mol. The molecular weight excluding hydrogens is 325 g/mol. The van der Waals surface area contributed by atoms with E-state index < -0.39 is 6.04 Å². The summed E-state index contributed by atoms with van der Waals surface area (Å²) in [5.41, 5.74) is 7.79. The minimum Gasteiger partial charge on any atom is -0.381 e. The molecule has 3 rings (SSSR count). The summed E-state index contributed by atoms with van der Waals surface area (Å²) in [5, 5.41) is 2.87. The second-order valence-corrected chi connectivity index (χ2v) is 6.57. The Morgan fingerprint density at radius 3 is 2.64 bits per heavy atom. The molecule has 0 aromatic heterocycles. The number of rotatable bonds is 5. The van der Waals surface area contributed by atoms with Crippen LogP contribution in [0.3, 0.4) is 0 Å². The van der Waals surface area contributed by atoms with Crippen LogP contribution >= 0.6 is 0 Å². The largest absolute Gasteiger partial charge is 0.381 e. The number of halogens is 1. The Balaban J connectivity index is 1.63. The molecule has 2 fully saturated rings. The minimum absolute atomic E-state index is 0.139. The Morgan fingerprint density at radius 1 is 1.24 bits per heavy atom. The third-order valence-corrected chi connectivity index (χ3v) is 4.92. The Bertz CT molecular complexity index is 587. The van der Waals surface area contributed by atoms with E-state index in [1.54, 1.807) is 6.07 Å². The van der Waals surface area contributed by atoms with Crippen LogP contribution in [0.5, 0.6) is 0 Å². The van der Waals surface area contributed by atoms with Crippen molar-refractivity contribution in [3.8, 4) is 0 Å². The molecule has 3 N–H and O–H groups in total. The topological polar surface area (TPSA) is 76.8 Å². The van der Waals surface area contributed by atoms with Gasteiger partial charge in [-0.1, -0.05) is 0 Å². The van der Waals surface area contributed by atoms with Crippen molar-refractivity contribution in [2.75, 3.05) is 44.4 Å². The van der Waals surface area contributed by atoms with Crippen molar-refractivity contribution < 1.29 is 18.7 Å². The van der Waals surface area contributed by atoms with E-state index in [1.807, 2.05) is 0 Å². The van der Waals surface area contributed by atoms with Gasteiger partial charge < -0.3 is 25.4 Å². The van der Waals surface area contributed by atoms with Gasteiger partial charge in [-0.25, -0.2) is 4.39 Å². The second-order valence-electron chi connectivity index (χ2n) is 6.57. The lowest BCUT2D eigenvalue weighted by atomic mass is 9.92. The van der Waals surface area contributed by atoms with Gasteiger partial charge in [0.05, 0.1) is 19.3 Å². The molecule has 0 bridgehead atoms. The van der Waals surface area contributed by atoms with Crippen molar-refractivity contribution in [2.24, 2.45) is 11.7 Å². The van der Waals surface area contributed by atoms with E-state index >= 15 is 0 Å². The van der Waals surface area contributed by atoms with Gasteiger partial charge in [-0.2, -0.15) is 0 Å². The molecule has 25 heavy (non-hydrogen) atoms. The zero-order valence-electron chi connectivity index (χ0n) is 14.4. The molecule has 1 aromatic rings. The van der Waals surface area contributed by atoms with Crippen molar-refractivity contribution in [1.29, 1.82) is 0 Å². The molecule has 6 nitrogen and oxygen atoms in total. The van der Waals surface area contributed by atoms with Gasteiger partial charge in [0.15, 0.2) is 0 Å². The number of hydrogen-bond acceptors (Lipinski definition) is 5. The van der Waals surface area contributed by atoms with Gasteiger partial charge in [-0.05, 0) is 42.5 Å². The molecule has 1 amide bonds. The van der Waals surface area contributed by atoms with Gasteiger partial charge >= 0.3 is 0 Å². The lowest BCUT2D eigenvalue weighted by molar-refractivity contribution is -0.124. The van der Waals surface area contributed by atoms with E-state index in [-0.39, 0.29) is 24.2 Å². The summed E-state index contributed by atoms with van der Waals surface area (Å²) in [6.07, 6.45) is 1.60. The van der Waals surface area contributed by atoms with Crippen LogP contribution in [-0.4, -0.2) is 51.5 Å². The van der Waals surface area contributed by atoms with E-state index in [1.165, 1.54) is 12.1 Å². The molecule has 1 atom stereocenters. The number of anilines is 1. The Kier molecular flexibility index (Phi) is 6.23. The number of amides is 1. The lowest BCUT2D eigenvalue weighted by Crippen LogP contribution is -2.47. The zero-order chi connectivity index (χ0) is 17.6. The van der Waals surface area contributed by atoms with Gasteiger partial charge in [0, 0.05) is 38.5 Å². The molecule has 1 aromatic carbocycles. The third kappa shape index (κ3) is 4.68. The third-order valence-electron chi connectivity index (χ3n) is 4.92. The van der Waals surface area contributed by atoms with E-state index in [4.69, 9.17) is 15.2 Å². The van der Waals surface area contributed by atoms with Gasteiger partial charge in [-0.15, -0.1) is 0 Å². The highest BCUT2D eigenvalue weighted by Gasteiger charge is 2.26. The van der Waals surface area contributed by atoms with Crippen molar-refractivity contribution in [3.05, 3.63) is 29.6 Å². The minimum atomic E-state index is -0.552. The highest BCUT2D eigenvalue weighted by molar-refractivity contribution is 5.82. The second kappa shape index (κ2) is 8.60. The maximum Gasteiger partial charge on any atom is 0.237 e. The van der Waals surface area contributed by atoms with Crippen LogP contribution in [0.25, 0.3) is 0 Å². The molecule has 2 heterocycles. The maximum absolute atomic E-state index is 13.7. The van der Waals surface area contributed by atoms with Crippen LogP contribution in [0.4, 0.5) is 10.1 Å². The van der Waals surface area contributed by atoms with Crippen LogP contribution in [0.2, 0.25) is 0 Å². The van der Waals surface area contributed by atoms with Gasteiger partial charge in [0.2, 0.25) is 5.91 Å². The molecule has 0 aliphatic carbocycles. The summed E-state index contributed by atoms with van der Waals surface area (Å²) >= 11 is 0. The molecule has 0 saturated carbocycles. The molecule has 2 saturated heterocycles. The standard InChI is InChI=1S/C18H26FN3O3/c19-15-1-2-16(22-5-9-25-10-6-22)14(11-15)12-21-18(23)17(20)13-3-7-24-8-4-13/h1-2,11,13,17H,3-10,12,20H2,(H,21,23). The number of carbonyl (C=O) groups excluding carboxylic acids is 1. The van der Waals surface area contributed by atoms with Crippen molar-refractivity contribution >= 4 is 11.6 Å². The Hall–Kier alpha value is -1.70. The normalized spacial score (nSPS) is 20.3. The van der Waals surface area contributed by atoms with Crippen molar-refractivity contribution in [2.45, 2.75) is 25.4 Å². The molecule has 0 radical (unpaired) electrons. The Morgan fingerprint density at radius 2 is 1.92 bits per heavy atom. The fraction of sp³-hybridized carbons (Fsp3) is 0.611. The van der Waals surface area contributed by atoms with E-state index in [2.05, 4.69) is 10.2 Å². The summed E-state index contributed by atoms with van der Waals surface area (Å²) in [4.78, 5) is 14.5. The number of nitrogens with one attached hydrogen (secondary N) is 1. The van der Waals surface area contributed by atoms with E-state index in [0.29, 0.717) is 26.4 Å². The highest BCUT2D eigenvalue weighted by atomic mass is 19.1. The first-order valence-corrected chi connectivity index (χ1v) is 8.87. The first kappa shape index (κ1) is 18.1. The molecule has 138 valence electrons. The van der Waals surface area contributed by atoms with Crippen molar-refractivity contribution in [1.82, 2.24) is 5.32 Å². The van der Waals surface area contributed by atoms with Crippen molar-refractivity contribution in [3.63, 3.8) is 0 Å². The quantitative estimate of drug-likeness (QED) is 0.829. The summed E-state index contributed by atoms with van der Waals surface area (Å²) in [7, 11) is 0. The average molecular weight is 351 g/mol. The van der Waals surface area contributed by atoms with Crippen LogP contribution in [0, 0.1) is 11.7 Å². The molecular formula is C18H26FN3O3. The summed E-state index contributed by atoms with van der Waals surface area (Å²) in [6.45, 7) is 4.38. The fourth-order valence-corrected chi connectivity index (χ4v) is 3.40. The molecule has 1 unspecified atom stereocenters. The number of ether oxygens (including phenoxy) is 2. The molecule has 0 spiro atoms. The summed E-state index contributed by atoms with van der Waals surface area (Å²) in [6, 6.07) is 4.14. The van der Waals surface area contributed by atoms with Gasteiger partial charge in [-0.3, -0.25) is 4.79 Å². The van der Waals surface area contributed by atoms with Gasteiger partial charge in [0.25, 0.3) is 0 Å². The fourth-order valence-electron chi connectivity index (χ4n) is 3.40. The van der Waals surface area contributed by atoms with Crippen LogP contribution in [0.15, 0.2) is 18.2 Å². The zero-order valence-corrected chi connectivity index (χ0v) is 14.4. The van der Waals surface area contributed by atoms with E-state index in [0.717, 1.165) is 37.2 Å². The number of morpholine rings is 1. The average Bonchev–Trinajstić information content (AvgIpc) is 2.67. The van der Waals surface area contributed by atoms with Crippen LogP contribution in [-0.2, 0) is 20.8 Å². The summed E-state index contributed by atoms with van der Waals surface area (Å²) < 4.78 is 24.4. The summed E-state index contributed by atoms with van der Waals surface area (Å²) in [5.74, 6) is -0.362. The Labute approximate surface area is 147 Å². The number of benzene rings is 1. The first-order valence-electron chi connectivity index (χ1n) is 8.87. The molecule has 7 heteroatoms. The van der Waals surface area contributed by atoms with Crippen LogP contribution < -0.4 is 16.0 Å². The lowest BCUT2D eigenvalue weighted by Gasteiger charge is -2.31.